The number of rotatable bonds is 6. The summed E-state index contributed by atoms with van der Waals surface area (Å²) in [6.07, 6.45) is 0. The number of aliphatic hydroxyl groups excluding tert-OH is 1. The fraction of sp³-hybridized carbons (Fsp3) is 0.364. The number of para-hydroxylation sites is 1. The van der Waals surface area contributed by atoms with Gasteiger partial charge in [0.25, 0.3) is 0 Å². The number of nitriles is 1. The normalized spacial score (nSPS) is 9.60. The lowest BCUT2D eigenvalue weighted by molar-refractivity contribution is 0.291. The molecule has 4 heteroatoms. The quantitative estimate of drug-likeness (QED) is 0.671. The highest BCUT2D eigenvalue weighted by atomic mass is 16.5. The second-order valence-corrected chi connectivity index (χ2v) is 2.95. The summed E-state index contributed by atoms with van der Waals surface area (Å²) >= 11 is 0. The number of nitrogens with one attached hydrogen (secondary N) is 1. The van der Waals surface area contributed by atoms with Crippen molar-refractivity contribution in [3.05, 3.63) is 29.8 Å². The molecule has 0 bridgehead atoms. The zero-order valence-corrected chi connectivity index (χ0v) is 8.44. The van der Waals surface area contributed by atoms with Gasteiger partial charge in [0.05, 0.1) is 6.61 Å². The van der Waals surface area contributed by atoms with Crippen LogP contribution in [-0.4, -0.2) is 24.9 Å². The Hall–Kier alpha value is -1.57. The molecule has 0 saturated carbocycles. The smallest absolute Gasteiger partial charge is 0.174 e. The van der Waals surface area contributed by atoms with E-state index in [4.69, 9.17) is 15.1 Å². The highest BCUT2D eigenvalue weighted by Gasteiger charge is 2.01. The van der Waals surface area contributed by atoms with Gasteiger partial charge in [0.15, 0.2) is 6.61 Å². The summed E-state index contributed by atoms with van der Waals surface area (Å²) in [7, 11) is 0. The molecule has 0 saturated heterocycles. The second kappa shape index (κ2) is 6.82. The van der Waals surface area contributed by atoms with Crippen molar-refractivity contribution >= 4 is 0 Å². The molecule has 0 aliphatic heterocycles. The number of ether oxygens (including phenoxy) is 1. The van der Waals surface area contributed by atoms with Crippen LogP contribution in [-0.2, 0) is 6.54 Å². The standard InChI is InChI=1S/C11H14N2O2/c12-5-8-15-11-4-2-1-3-10(11)9-13-6-7-14/h1-4,13-14H,6-9H2. The van der Waals surface area contributed by atoms with Crippen LogP contribution in [0.4, 0.5) is 0 Å². The molecule has 0 aliphatic rings. The van der Waals surface area contributed by atoms with Gasteiger partial charge in [-0.2, -0.15) is 5.26 Å². The Labute approximate surface area is 89.1 Å². The maximum absolute atomic E-state index is 8.62. The van der Waals surface area contributed by atoms with Gasteiger partial charge < -0.3 is 15.2 Å². The van der Waals surface area contributed by atoms with E-state index in [0.717, 1.165) is 5.56 Å². The fourth-order valence-electron chi connectivity index (χ4n) is 1.20. The predicted molar refractivity (Wildman–Crippen MR) is 56.3 cm³/mol. The van der Waals surface area contributed by atoms with Crippen LogP contribution in [0, 0.1) is 11.3 Å². The van der Waals surface area contributed by atoms with Crippen LogP contribution in [0.3, 0.4) is 0 Å². The van der Waals surface area contributed by atoms with Gasteiger partial charge in [0.2, 0.25) is 0 Å². The summed E-state index contributed by atoms with van der Waals surface area (Å²) in [5.41, 5.74) is 0.987. The topological polar surface area (TPSA) is 65.3 Å². The van der Waals surface area contributed by atoms with Crippen molar-refractivity contribution in [3.63, 3.8) is 0 Å². The van der Waals surface area contributed by atoms with Crippen molar-refractivity contribution in [3.8, 4) is 11.8 Å². The minimum atomic E-state index is 0.0526. The van der Waals surface area contributed by atoms with E-state index in [9.17, 15) is 0 Å². The van der Waals surface area contributed by atoms with Gasteiger partial charge >= 0.3 is 0 Å². The molecule has 0 aliphatic carbocycles. The summed E-state index contributed by atoms with van der Waals surface area (Å²) in [5, 5.41) is 20.1. The summed E-state index contributed by atoms with van der Waals surface area (Å²) in [6, 6.07) is 9.46. The molecule has 1 aromatic rings. The Morgan fingerprint density at radius 3 is 2.93 bits per heavy atom. The van der Waals surface area contributed by atoms with E-state index in [2.05, 4.69) is 5.32 Å². The van der Waals surface area contributed by atoms with Crippen LogP contribution in [0.5, 0.6) is 5.75 Å². The summed E-state index contributed by atoms with van der Waals surface area (Å²) < 4.78 is 5.25. The fourth-order valence-corrected chi connectivity index (χ4v) is 1.20. The Balaban J connectivity index is 2.56. The average Bonchev–Trinajstić information content (AvgIpc) is 2.28. The summed E-state index contributed by atoms with van der Waals surface area (Å²) in [4.78, 5) is 0. The van der Waals surface area contributed by atoms with Gasteiger partial charge in [0.1, 0.15) is 11.8 Å². The molecule has 0 atom stereocenters. The Morgan fingerprint density at radius 1 is 1.40 bits per heavy atom. The largest absolute Gasteiger partial charge is 0.478 e. The van der Waals surface area contributed by atoms with E-state index in [0.29, 0.717) is 18.8 Å². The van der Waals surface area contributed by atoms with Gasteiger partial charge in [-0.25, -0.2) is 0 Å². The van der Waals surface area contributed by atoms with Crippen LogP contribution >= 0.6 is 0 Å². The third-order valence-electron chi connectivity index (χ3n) is 1.87. The first-order valence-corrected chi connectivity index (χ1v) is 4.77. The highest BCUT2D eigenvalue weighted by Crippen LogP contribution is 2.17. The summed E-state index contributed by atoms with van der Waals surface area (Å²) in [6.45, 7) is 1.34. The number of benzene rings is 1. The van der Waals surface area contributed by atoms with Crippen LogP contribution < -0.4 is 10.1 Å². The molecule has 1 aromatic carbocycles. The molecule has 15 heavy (non-hydrogen) atoms. The molecule has 0 fully saturated rings. The van der Waals surface area contributed by atoms with Crippen LogP contribution in [0.2, 0.25) is 0 Å². The van der Waals surface area contributed by atoms with E-state index < -0.39 is 0 Å². The second-order valence-electron chi connectivity index (χ2n) is 2.95. The maximum Gasteiger partial charge on any atom is 0.174 e. The van der Waals surface area contributed by atoms with Crippen molar-refractivity contribution in [2.75, 3.05) is 19.8 Å². The molecule has 2 N–H and O–H groups in total. The zero-order valence-electron chi connectivity index (χ0n) is 8.44. The Morgan fingerprint density at radius 2 is 2.20 bits per heavy atom. The Bertz CT molecular complexity index is 334. The molecular weight excluding hydrogens is 192 g/mol. The molecule has 0 heterocycles. The molecule has 0 unspecified atom stereocenters. The maximum atomic E-state index is 8.62. The van der Waals surface area contributed by atoms with E-state index in [-0.39, 0.29) is 13.2 Å². The van der Waals surface area contributed by atoms with Crippen LogP contribution in [0.25, 0.3) is 0 Å². The molecule has 0 radical (unpaired) electrons. The van der Waals surface area contributed by atoms with Gasteiger partial charge in [-0.05, 0) is 6.07 Å². The van der Waals surface area contributed by atoms with Gasteiger partial charge in [-0.3, -0.25) is 0 Å². The van der Waals surface area contributed by atoms with Gasteiger partial charge in [-0.15, -0.1) is 0 Å². The minimum Gasteiger partial charge on any atom is -0.478 e. The first-order valence-electron chi connectivity index (χ1n) is 4.77. The number of aliphatic hydroxyl groups is 1. The molecule has 1 rings (SSSR count). The monoisotopic (exact) mass is 206 g/mol. The first-order chi connectivity index (χ1) is 7.38. The first kappa shape index (κ1) is 11.5. The highest BCUT2D eigenvalue weighted by molar-refractivity contribution is 5.33. The van der Waals surface area contributed by atoms with Gasteiger partial charge in [0, 0.05) is 18.7 Å². The van der Waals surface area contributed by atoms with E-state index >= 15 is 0 Å². The van der Waals surface area contributed by atoms with E-state index in [1.165, 1.54) is 0 Å². The van der Waals surface area contributed by atoms with Crippen LogP contribution in [0.1, 0.15) is 5.56 Å². The van der Waals surface area contributed by atoms with Crippen molar-refractivity contribution in [1.82, 2.24) is 5.32 Å². The molecule has 80 valence electrons. The zero-order chi connectivity index (χ0) is 10.9. The minimum absolute atomic E-state index is 0.0526. The predicted octanol–water partition coefficient (Wildman–Crippen LogP) is 0.671. The van der Waals surface area contributed by atoms with Crippen molar-refractivity contribution in [2.24, 2.45) is 0 Å². The molecule has 0 amide bonds. The third kappa shape index (κ3) is 3.98. The summed E-state index contributed by atoms with van der Waals surface area (Å²) in [5.74, 6) is 0.712. The molecule has 0 spiro atoms. The van der Waals surface area contributed by atoms with Gasteiger partial charge in [-0.1, -0.05) is 18.2 Å². The van der Waals surface area contributed by atoms with Crippen molar-refractivity contribution in [1.29, 1.82) is 5.26 Å². The molecular formula is C11H14N2O2. The third-order valence-corrected chi connectivity index (χ3v) is 1.87. The van der Waals surface area contributed by atoms with E-state index in [1.807, 2.05) is 30.3 Å². The SMILES string of the molecule is N#CCOc1ccccc1CNCCO. The average molecular weight is 206 g/mol. The number of nitrogens with zero attached hydrogens (tertiary/aromatic N) is 1. The lowest BCUT2D eigenvalue weighted by Gasteiger charge is -2.09. The number of hydrogen-bond donors (Lipinski definition) is 2. The number of hydrogen-bond acceptors (Lipinski definition) is 4. The molecule has 0 aromatic heterocycles. The van der Waals surface area contributed by atoms with Crippen molar-refractivity contribution in [2.45, 2.75) is 6.54 Å². The lowest BCUT2D eigenvalue weighted by Crippen LogP contribution is -2.18. The molecule has 4 nitrogen and oxygen atoms in total. The van der Waals surface area contributed by atoms with Crippen molar-refractivity contribution < 1.29 is 9.84 Å². The van der Waals surface area contributed by atoms with E-state index in [1.54, 1.807) is 0 Å². The van der Waals surface area contributed by atoms with Crippen LogP contribution in [0.15, 0.2) is 24.3 Å². The Kier molecular flexibility index (Phi) is 5.23. The lowest BCUT2D eigenvalue weighted by atomic mass is 10.2.